The first kappa shape index (κ1) is 24.8. The number of hydrazone groups is 1. The van der Waals surface area contributed by atoms with Crippen LogP contribution in [-0.4, -0.2) is 48.6 Å². The number of benzene rings is 2. The van der Waals surface area contributed by atoms with E-state index < -0.39 is 0 Å². The average Bonchev–Trinajstić information content (AvgIpc) is 2.80. The van der Waals surface area contributed by atoms with Gasteiger partial charge >= 0.3 is 0 Å². The molecule has 2 N–H and O–H groups in total. The molecule has 1 atom stereocenters. The number of hydrogen-bond acceptors (Lipinski definition) is 4. The normalized spacial score (nSPS) is 12.1. The fraction of sp³-hybridized carbons (Fsp3) is 0.375. The van der Waals surface area contributed by atoms with E-state index in [2.05, 4.69) is 50.5 Å². The van der Waals surface area contributed by atoms with Crippen molar-refractivity contribution < 1.29 is 9.59 Å². The minimum atomic E-state index is -0.248. The Balaban J connectivity index is 1.81. The van der Waals surface area contributed by atoms with E-state index in [1.54, 1.807) is 18.3 Å². The van der Waals surface area contributed by atoms with Gasteiger partial charge in [-0.15, -0.1) is 0 Å². The predicted molar refractivity (Wildman–Crippen MR) is 129 cm³/mol. The number of amides is 2. The summed E-state index contributed by atoms with van der Waals surface area (Å²) in [4.78, 5) is 27.0. The summed E-state index contributed by atoms with van der Waals surface area (Å²) in [6, 6.07) is 16.6. The van der Waals surface area contributed by atoms with Crippen molar-refractivity contribution in [3.05, 3.63) is 70.2 Å². The zero-order chi connectivity index (χ0) is 22.5. The van der Waals surface area contributed by atoms with E-state index in [0.29, 0.717) is 18.5 Å². The van der Waals surface area contributed by atoms with E-state index in [4.69, 9.17) is 0 Å². The number of nitrogens with zero attached hydrogens (tertiary/aromatic N) is 2. The first-order chi connectivity index (χ1) is 15.0. The number of unbranched alkanes of at least 4 members (excludes halogenated alkanes) is 1. The van der Waals surface area contributed by atoms with Crippen LogP contribution in [0.5, 0.6) is 0 Å². The Morgan fingerprint density at radius 2 is 1.71 bits per heavy atom. The van der Waals surface area contributed by atoms with Crippen molar-refractivity contribution >= 4 is 34.0 Å². The Bertz CT molecular complexity index is 836. The van der Waals surface area contributed by atoms with Gasteiger partial charge in [-0.2, -0.15) is 5.10 Å². The van der Waals surface area contributed by atoms with Crippen LogP contribution in [0.1, 0.15) is 49.0 Å². The van der Waals surface area contributed by atoms with Gasteiger partial charge in [0.2, 0.25) is 0 Å². The summed E-state index contributed by atoms with van der Waals surface area (Å²) in [7, 11) is 0. The van der Waals surface area contributed by atoms with Crippen LogP contribution in [0.2, 0.25) is 0 Å². The van der Waals surface area contributed by atoms with Crippen molar-refractivity contribution in [2.24, 2.45) is 5.10 Å². The molecule has 2 amide bonds. The summed E-state index contributed by atoms with van der Waals surface area (Å²) in [5.74, 6) is -0.175. The van der Waals surface area contributed by atoms with Crippen LogP contribution in [0.3, 0.4) is 0 Å². The van der Waals surface area contributed by atoms with Crippen LogP contribution in [0.4, 0.5) is 0 Å². The van der Waals surface area contributed by atoms with E-state index >= 15 is 0 Å². The van der Waals surface area contributed by atoms with E-state index in [1.807, 2.05) is 42.5 Å². The molecule has 0 saturated heterocycles. The van der Waals surface area contributed by atoms with Gasteiger partial charge in [-0.05, 0) is 62.2 Å². The average molecular weight is 487 g/mol. The maximum Gasteiger partial charge on any atom is 0.257 e. The third-order valence-corrected chi connectivity index (χ3v) is 5.57. The fourth-order valence-corrected chi connectivity index (χ4v) is 3.56. The lowest BCUT2D eigenvalue weighted by Gasteiger charge is -2.28. The molecular weight excluding hydrogens is 456 g/mol. The minimum absolute atomic E-state index is 0.0686. The molecule has 2 aromatic rings. The molecule has 166 valence electrons. The number of likely N-dealkylation sites (N-methyl/N-ethyl adjacent to an activating group) is 1. The standard InChI is InChI=1S/C24H31BrN4O2/c1-3-29(4-2)22(24(31)28-27-18-19-13-15-21(25)16-14-19)12-8-9-17-26-23(30)20-10-6-5-7-11-20/h5-7,10-11,13-16,18,22H,3-4,8-9,12,17H2,1-2H3,(H,26,30)(H,28,31)/b27-18+/t22-/m1/s1. The molecule has 0 unspecified atom stereocenters. The molecule has 0 aliphatic carbocycles. The van der Waals surface area contributed by atoms with E-state index in [9.17, 15) is 9.59 Å². The third kappa shape index (κ3) is 8.63. The minimum Gasteiger partial charge on any atom is -0.352 e. The quantitative estimate of drug-likeness (QED) is 0.268. The Morgan fingerprint density at radius 1 is 1.03 bits per heavy atom. The number of carbonyl (C=O) groups excluding carboxylic acids is 2. The van der Waals surface area contributed by atoms with Crippen molar-refractivity contribution in [3.63, 3.8) is 0 Å². The first-order valence-electron chi connectivity index (χ1n) is 10.7. The molecule has 6 nitrogen and oxygen atoms in total. The molecule has 2 aromatic carbocycles. The molecule has 0 spiro atoms. The molecule has 0 heterocycles. The Labute approximate surface area is 193 Å². The first-order valence-corrected chi connectivity index (χ1v) is 11.5. The molecule has 0 radical (unpaired) electrons. The third-order valence-electron chi connectivity index (χ3n) is 5.04. The Hall–Kier alpha value is -2.51. The molecule has 2 rings (SSSR count). The maximum atomic E-state index is 12.8. The molecular formula is C24H31BrN4O2. The molecule has 0 aliphatic heterocycles. The van der Waals surface area contributed by atoms with Crippen LogP contribution >= 0.6 is 15.9 Å². The number of carbonyl (C=O) groups is 2. The van der Waals surface area contributed by atoms with E-state index in [0.717, 1.165) is 36.0 Å². The van der Waals surface area contributed by atoms with Gasteiger partial charge < -0.3 is 5.32 Å². The number of halogens is 1. The lowest BCUT2D eigenvalue weighted by atomic mass is 10.1. The molecule has 0 aliphatic rings. The van der Waals surface area contributed by atoms with Crippen LogP contribution < -0.4 is 10.7 Å². The van der Waals surface area contributed by atoms with E-state index in [-0.39, 0.29) is 17.9 Å². The largest absolute Gasteiger partial charge is 0.352 e. The highest BCUT2D eigenvalue weighted by atomic mass is 79.9. The van der Waals surface area contributed by atoms with Gasteiger partial charge in [0, 0.05) is 16.6 Å². The second-order valence-corrected chi connectivity index (χ2v) is 8.06. The van der Waals surface area contributed by atoms with Gasteiger partial charge in [0.05, 0.1) is 12.3 Å². The Morgan fingerprint density at radius 3 is 2.35 bits per heavy atom. The number of nitrogens with one attached hydrogen (secondary N) is 2. The zero-order valence-corrected chi connectivity index (χ0v) is 19.8. The molecule has 0 bridgehead atoms. The second kappa shape index (κ2) is 13.7. The van der Waals surface area contributed by atoms with Crippen molar-refractivity contribution in [1.82, 2.24) is 15.6 Å². The highest BCUT2D eigenvalue weighted by Crippen LogP contribution is 2.11. The molecule has 7 heteroatoms. The fourth-order valence-electron chi connectivity index (χ4n) is 3.29. The van der Waals surface area contributed by atoms with Crippen LogP contribution in [-0.2, 0) is 4.79 Å². The lowest BCUT2D eigenvalue weighted by molar-refractivity contribution is -0.126. The summed E-state index contributed by atoms with van der Waals surface area (Å²) < 4.78 is 0.996. The van der Waals surface area contributed by atoms with Gasteiger partial charge in [-0.25, -0.2) is 5.43 Å². The lowest BCUT2D eigenvalue weighted by Crippen LogP contribution is -2.45. The van der Waals surface area contributed by atoms with Crippen molar-refractivity contribution in [3.8, 4) is 0 Å². The molecule has 0 saturated carbocycles. The maximum absolute atomic E-state index is 12.8. The number of hydrogen-bond donors (Lipinski definition) is 2. The number of rotatable bonds is 12. The second-order valence-electron chi connectivity index (χ2n) is 7.14. The molecule has 0 aromatic heterocycles. The topological polar surface area (TPSA) is 73.8 Å². The summed E-state index contributed by atoms with van der Waals surface area (Å²) in [5, 5.41) is 7.06. The van der Waals surface area contributed by atoms with Crippen molar-refractivity contribution in [1.29, 1.82) is 0 Å². The summed E-state index contributed by atoms with van der Waals surface area (Å²) >= 11 is 3.40. The van der Waals surface area contributed by atoms with Crippen molar-refractivity contribution in [2.75, 3.05) is 19.6 Å². The summed E-state index contributed by atoms with van der Waals surface area (Å²) in [6.07, 6.45) is 4.00. The SMILES string of the molecule is CCN(CC)[C@H](CCCCNC(=O)c1ccccc1)C(=O)N/N=C/c1ccc(Br)cc1. The monoisotopic (exact) mass is 486 g/mol. The van der Waals surface area contributed by atoms with Crippen LogP contribution in [0.25, 0.3) is 0 Å². The highest BCUT2D eigenvalue weighted by molar-refractivity contribution is 9.10. The molecule has 31 heavy (non-hydrogen) atoms. The van der Waals surface area contributed by atoms with Gasteiger partial charge in [0.25, 0.3) is 11.8 Å². The predicted octanol–water partition coefficient (Wildman–Crippen LogP) is 4.21. The van der Waals surface area contributed by atoms with Gasteiger partial charge in [0.1, 0.15) is 0 Å². The smallest absolute Gasteiger partial charge is 0.257 e. The van der Waals surface area contributed by atoms with Gasteiger partial charge in [0.15, 0.2) is 0 Å². The van der Waals surface area contributed by atoms with Crippen molar-refractivity contribution in [2.45, 2.75) is 39.2 Å². The van der Waals surface area contributed by atoms with Gasteiger partial charge in [-0.1, -0.05) is 60.1 Å². The summed E-state index contributed by atoms with van der Waals surface area (Å²) in [5.41, 5.74) is 4.26. The van der Waals surface area contributed by atoms with Gasteiger partial charge in [-0.3, -0.25) is 14.5 Å². The van der Waals surface area contributed by atoms with E-state index in [1.165, 1.54) is 0 Å². The summed E-state index contributed by atoms with van der Waals surface area (Å²) in [6.45, 7) is 6.26. The van der Waals surface area contributed by atoms with Crippen LogP contribution in [0, 0.1) is 0 Å². The zero-order valence-electron chi connectivity index (χ0n) is 18.2. The Kier molecular flexibility index (Phi) is 11.0. The molecule has 0 fully saturated rings. The highest BCUT2D eigenvalue weighted by Gasteiger charge is 2.23. The van der Waals surface area contributed by atoms with Crippen LogP contribution in [0.15, 0.2) is 64.2 Å².